The summed E-state index contributed by atoms with van der Waals surface area (Å²) in [6.07, 6.45) is 0. The number of aryl methyl sites for hydroxylation is 1. The Morgan fingerprint density at radius 3 is 2.50 bits per heavy atom. The summed E-state index contributed by atoms with van der Waals surface area (Å²) in [5.41, 5.74) is 2.43. The van der Waals surface area contributed by atoms with Crippen LogP contribution in [0.4, 0.5) is 11.4 Å². The van der Waals surface area contributed by atoms with Crippen molar-refractivity contribution in [1.82, 2.24) is 0 Å². The smallest absolute Gasteiger partial charge is 0.279 e. The van der Waals surface area contributed by atoms with E-state index in [0.29, 0.717) is 17.8 Å². The number of benzene rings is 2. The number of rotatable bonds is 6. The number of quaternary nitrogens is 1. The van der Waals surface area contributed by atoms with Crippen LogP contribution in [0.2, 0.25) is 0 Å². The monoisotopic (exact) mass is 392 g/mol. The molecule has 7 heteroatoms. The van der Waals surface area contributed by atoms with Gasteiger partial charge in [-0.25, -0.2) is 0 Å². The maximum absolute atomic E-state index is 12.2. The van der Waals surface area contributed by atoms with Crippen molar-refractivity contribution in [3.8, 4) is 0 Å². The number of nitrogens with zero attached hydrogens (tertiary/aromatic N) is 1. The fourth-order valence-corrected chi connectivity index (χ4v) is 2.65. The molecule has 0 aliphatic carbocycles. The lowest BCUT2D eigenvalue weighted by molar-refractivity contribution is -0.885. The van der Waals surface area contributed by atoms with Gasteiger partial charge in [-0.15, -0.1) is 0 Å². The molecule has 0 spiro atoms. The maximum Gasteiger partial charge on any atom is 0.279 e. The molecule has 2 aromatic rings. The molecule has 0 aliphatic rings. The highest BCUT2D eigenvalue weighted by molar-refractivity contribution is 9.10. The molecule has 0 radical (unpaired) electrons. The molecular formula is C17H19BrN3O3+. The summed E-state index contributed by atoms with van der Waals surface area (Å²) < 4.78 is 1.02. The molecule has 1 atom stereocenters. The van der Waals surface area contributed by atoms with Crippen LogP contribution >= 0.6 is 15.9 Å². The molecule has 0 saturated carbocycles. The summed E-state index contributed by atoms with van der Waals surface area (Å²) in [5.74, 6) is -0.124. The van der Waals surface area contributed by atoms with Gasteiger partial charge in [0.15, 0.2) is 6.54 Å². The molecule has 0 fully saturated rings. The van der Waals surface area contributed by atoms with E-state index in [1.165, 1.54) is 12.1 Å². The average molecular weight is 393 g/mol. The quantitative estimate of drug-likeness (QED) is 0.584. The van der Waals surface area contributed by atoms with E-state index >= 15 is 0 Å². The lowest BCUT2D eigenvalue weighted by Gasteiger charge is -2.14. The summed E-state index contributed by atoms with van der Waals surface area (Å²) in [6.45, 7) is 2.79. The first-order valence-corrected chi connectivity index (χ1v) is 8.25. The van der Waals surface area contributed by atoms with Gasteiger partial charge in [0.2, 0.25) is 0 Å². The van der Waals surface area contributed by atoms with Crippen LogP contribution < -0.4 is 10.2 Å². The molecule has 126 valence electrons. The van der Waals surface area contributed by atoms with E-state index in [0.717, 1.165) is 21.5 Å². The zero-order valence-electron chi connectivity index (χ0n) is 13.5. The fourth-order valence-electron chi connectivity index (χ4n) is 2.38. The van der Waals surface area contributed by atoms with E-state index in [1.54, 1.807) is 13.0 Å². The van der Waals surface area contributed by atoms with Crippen LogP contribution in [-0.4, -0.2) is 24.4 Å². The van der Waals surface area contributed by atoms with Gasteiger partial charge in [-0.2, -0.15) is 0 Å². The van der Waals surface area contributed by atoms with Gasteiger partial charge in [-0.05, 0) is 30.7 Å². The molecule has 0 bridgehead atoms. The van der Waals surface area contributed by atoms with Crippen molar-refractivity contribution < 1.29 is 14.6 Å². The van der Waals surface area contributed by atoms with Gasteiger partial charge in [-0.1, -0.05) is 28.1 Å². The third-order valence-electron chi connectivity index (χ3n) is 3.58. The Kier molecular flexibility index (Phi) is 6.05. The predicted molar refractivity (Wildman–Crippen MR) is 96.1 cm³/mol. The van der Waals surface area contributed by atoms with E-state index in [-0.39, 0.29) is 11.6 Å². The second kappa shape index (κ2) is 8.03. The standard InChI is InChI=1S/C17H18BrN3O3/c1-12-9-15(21(23)24)7-8-16(12)19-17(22)11-20(2)10-13-3-5-14(18)6-4-13/h3-9H,10-11H2,1-2H3,(H,19,22)/p+1. The second-order valence-electron chi connectivity index (χ2n) is 5.74. The first-order chi connectivity index (χ1) is 11.3. The van der Waals surface area contributed by atoms with Crippen LogP contribution in [0.25, 0.3) is 0 Å². The highest BCUT2D eigenvalue weighted by atomic mass is 79.9. The number of amides is 1. The second-order valence-corrected chi connectivity index (χ2v) is 6.66. The van der Waals surface area contributed by atoms with Gasteiger partial charge < -0.3 is 10.2 Å². The molecule has 6 nitrogen and oxygen atoms in total. The minimum Gasteiger partial charge on any atom is -0.326 e. The summed E-state index contributed by atoms with van der Waals surface area (Å²) in [6, 6.07) is 12.4. The highest BCUT2D eigenvalue weighted by Gasteiger charge is 2.14. The molecule has 0 heterocycles. The lowest BCUT2D eigenvalue weighted by atomic mass is 10.2. The molecule has 0 saturated heterocycles. The summed E-state index contributed by atoms with van der Waals surface area (Å²) in [4.78, 5) is 23.5. The number of carbonyl (C=O) groups is 1. The van der Waals surface area contributed by atoms with Gasteiger partial charge >= 0.3 is 0 Å². The van der Waals surface area contributed by atoms with Crippen LogP contribution in [-0.2, 0) is 11.3 Å². The Hall–Kier alpha value is -2.25. The van der Waals surface area contributed by atoms with Crippen molar-refractivity contribution in [2.75, 3.05) is 18.9 Å². The predicted octanol–water partition coefficient (Wildman–Crippen LogP) is 2.32. The number of anilines is 1. The van der Waals surface area contributed by atoms with Gasteiger partial charge in [0.25, 0.3) is 11.6 Å². The normalized spacial score (nSPS) is 11.8. The van der Waals surface area contributed by atoms with E-state index in [2.05, 4.69) is 21.2 Å². The van der Waals surface area contributed by atoms with E-state index in [1.807, 2.05) is 31.3 Å². The number of nitrogens with one attached hydrogen (secondary N) is 2. The SMILES string of the molecule is Cc1cc([N+](=O)[O-])ccc1NC(=O)C[NH+](C)Cc1ccc(Br)cc1. The zero-order chi connectivity index (χ0) is 17.7. The number of nitro groups is 1. The third-order valence-corrected chi connectivity index (χ3v) is 4.11. The Morgan fingerprint density at radius 2 is 1.92 bits per heavy atom. The Bertz CT molecular complexity index is 747. The number of halogens is 1. The zero-order valence-corrected chi connectivity index (χ0v) is 15.1. The van der Waals surface area contributed by atoms with Gasteiger partial charge in [-0.3, -0.25) is 14.9 Å². The van der Waals surface area contributed by atoms with Crippen molar-refractivity contribution in [1.29, 1.82) is 0 Å². The van der Waals surface area contributed by atoms with Crippen LogP contribution in [0.1, 0.15) is 11.1 Å². The number of likely N-dealkylation sites (N-methyl/N-ethyl adjacent to an activating group) is 1. The van der Waals surface area contributed by atoms with Gasteiger partial charge in [0.1, 0.15) is 6.54 Å². The minimum atomic E-state index is -0.450. The van der Waals surface area contributed by atoms with Gasteiger partial charge in [0, 0.05) is 27.9 Å². The highest BCUT2D eigenvalue weighted by Crippen LogP contribution is 2.20. The van der Waals surface area contributed by atoms with Crippen molar-refractivity contribution in [3.05, 3.63) is 68.2 Å². The Labute approximate surface area is 148 Å². The summed E-state index contributed by atoms with van der Waals surface area (Å²) in [5, 5.41) is 13.6. The first-order valence-electron chi connectivity index (χ1n) is 7.46. The Morgan fingerprint density at radius 1 is 1.25 bits per heavy atom. The topological polar surface area (TPSA) is 76.7 Å². The van der Waals surface area contributed by atoms with Crippen LogP contribution in [0.3, 0.4) is 0 Å². The minimum absolute atomic E-state index is 0.0171. The first kappa shape index (κ1) is 18.1. The van der Waals surface area contributed by atoms with Crippen molar-refractivity contribution >= 4 is 33.2 Å². The van der Waals surface area contributed by atoms with Crippen molar-refractivity contribution in [2.45, 2.75) is 13.5 Å². The summed E-state index contributed by atoms with van der Waals surface area (Å²) >= 11 is 3.40. The van der Waals surface area contributed by atoms with E-state index in [9.17, 15) is 14.9 Å². The molecule has 1 unspecified atom stereocenters. The number of carbonyl (C=O) groups excluding carboxylic acids is 1. The third kappa shape index (κ3) is 5.14. The largest absolute Gasteiger partial charge is 0.326 e. The Balaban J connectivity index is 1.92. The van der Waals surface area contributed by atoms with E-state index < -0.39 is 4.92 Å². The molecule has 1 amide bonds. The van der Waals surface area contributed by atoms with Crippen molar-refractivity contribution in [2.24, 2.45) is 0 Å². The lowest BCUT2D eigenvalue weighted by Crippen LogP contribution is -3.08. The molecule has 0 aromatic heterocycles. The number of hydrogen-bond donors (Lipinski definition) is 2. The molecule has 24 heavy (non-hydrogen) atoms. The average Bonchev–Trinajstić information content (AvgIpc) is 2.51. The number of hydrogen-bond acceptors (Lipinski definition) is 3. The molecular weight excluding hydrogens is 374 g/mol. The van der Waals surface area contributed by atoms with Crippen LogP contribution in [0.5, 0.6) is 0 Å². The molecule has 2 N–H and O–H groups in total. The molecule has 2 aromatic carbocycles. The van der Waals surface area contributed by atoms with Crippen LogP contribution in [0, 0.1) is 17.0 Å². The van der Waals surface area contributed by atoms with Crippen LogP contribution in [0.15, 0.2) is 46.9 Å². The van der Waals surface area contributed by atoms with E-state index in [4.69, 9.17) is 0 Å². The number of nitro benzene ring substituents is 1. The summed E-state index contributed by atoms with van der Waals surface area (Å²) in [7, 11) is 1.95. The van der Waals surface area contributed by atoms with Crippen molar-refractivity contribution in [3.63, 3.8) is 0 Å². The maximum atomic E-state index is 12.2. The fraction of sp³-hybridized carbons (Fsp3) is 0.235. The molecule has 2 rings (SSSR count). The molecule has 0 aliphatic heterocycles. The number of non-ortho nitro benzene ring substituents is 1. The van der Waals surface area contributed by atoms with Gasteiger partial charge in [0.05, 0.1) is 12.0 Å².